The van der Waals surface area contributed by atoms with E-state index in [1.54, 1.807) is 25.1 Å². The number of aliphatic carboxylic acids is 1. The summed E-state index contributed by atoms with van der Waals surface area (Å²) >= 11 is 0. The Kier molecular flexibility index (Phi) is 5.34. The molecule has 0 bridgehead atoms. The molecule has 1 aromatic carbocycles. The predicted octanol–water partition coefficient (Wildman–Crippen LogP) is 1.80. The molecule has 0 spiro atoms. The van der Waals surface area contributed by atoms with Crippen LogP contribution in [0.1, 0.15) is 12.5 Å². The van der Waals surface area contributed by atoms with Gasteiger partial charge in [-0.25, -0.2) is 4.79 Å². The van der Waals surface area contributed by atoms with Crippen LogP contribution < -0.4 is 9.47 Å². The first-order chi connectivity index (χ1) is 9.04. The van der Waals surface area contributed by atoms with E-state index in [0.717, 1.165) is 6.20 Å². The SMILES string of the molecule is CCOc1cccc(C=C[N+](=O)[O-])c1OCC(=O)O. The van der Waals surface area contributed by atoms with E-state index >= 15 is 0 Å². The lowest BCUT2D eigenvalue weighted by atomic mass is 10.2. The average molecular weight is 267 g/mol. The molecule has 1 N–H and O–H groups in total. The van der Waals surface area contributed by atoms with Gasteiger partial charge in [0.2, 0.25) is 6.20 Å². The summed E-state index contributed by atoms with van der Waals surface area (Å²) in [4.78, 5) is 20.2. The van der Waals surface area contributed by atoms with Crippen LogP contribution in [0.25, 0.3) is 6.08 Å². The van der Waals surface area contributed by atoms with Gasteiger partial charge in [-0.15, -0.1) is 0 Å². The maximum absolute atomic E-state index is 10.5. The summed E-state index contributed by atoms with van der Waals surface area (Å²) in [7, 11) is 0. The summed E-state index contributed by atoms with van der Waals surface area (Å²) < 4.78 is 10.4. The molecule has 0 saturated carbocycles. The minimum atomic E-state index is -1.14. The monoisotopic (exact) mass is 267 g/mol. The maximum atomic E-state index is 10.5. The molecule has 0 heterocycles. The van der Waals surface area contributed by atoms with Crippen molar-refractivity contribution < 1.29 is 24.3 Å². The summed E-state index contributed by atoms with van der Waals surface area (Å²) in [6.45, 7) is 1.58. The van der Waals surface area contributed by atoms with Crippen molar-refractivity contribution in [1.82, 2.24) is 0 Å². The Labute approximate surface area is 109 Å². The Hall–Kier alpha value is -2.57. The lowest BCUT2D eigenvalue weighted by molar-refractivity contribution is -0.400. The van der Waals surface area contributed by atoms with Crippen LogP contribution in [0.5, 0.6) is 11.5 Å². The van der Waals surface area contributed by atoms with Crippen molar-refractivity contribution >= 4 is 12.0 Å². The van der Waals surface area contributed by atoms with E-state index in [1.165, 1.54) is 6.08 Å². The fourth-order valence-electron chi connectivity index (χ4n) is 1.36. The summed E-state index contributed by atoms with van der Waals surface area (Å²) in [5.74, 6) is -0.630. The van der Waals surface area contributed by atoms with Crippen LogP contribution in [-0.2, 0) is 4.79 Å². The topological polar surface area (TPSA) is 98.9 Å². The Morgan fingerprint density at radius 3 is 2.79 bits per heavy atom. The van der Waals surface area contributed by atoms with E-state index in [4.69, 9.17) is 14.6 Å². The number of nitrogens with zero attached hydrogens (tertiary/aromatic N) is 1. The number of carbonyl (C=O) groups is 1. The predicted molar refractivity (Wildman–Crippen MR) is 66.8 cm³/mol. The second-order valence-electron chi connectivity index (χ2n) is 3.39. The van der Waals surface area contributed by atoms with Crippen molar-refractivity contribution in [1.29, 1.82) is 0 Å². The lowest BCUT2D eigenvalue weighted by Crippen LogP contribution is -2.11. The molecule has 0 aliphatic carbocycles. The zero-order valence-corrected chi connectivity index (χ0v) is 10.2. The molecule has 1 rings (SSSR count). The molecule has 0 aliphatic heterocycles. The van der Waals surface area contributed by atoms with E-state index in [2.05, 4.69) is 0 Å². The third kappa shape index (κ3) is 4.66. The Morgan fingerprint density at radius 2 is 2.21 bits per heavy atom. The molecule has 0 unspecified atom stereocenters. The molecule has 1 aromatic rings. The van der Waals surface area contributed by atoms with Crippen molar-refractivity contribution in [3.8, 4) is 11.5 Å². The van der Waals surface area contributed by atoms with Gasteiger partial charge < -0.3 is 14.6 Å². The third-order valence-corrected chi connectivity index (χ3v) is 2.02. The second-order valence-corrected chi connectivity index (χ2v) is 3.39. The van der Waals surface area contributed by atoms with Gasteiger partial charge in [0, 0.05) is 11.6 Å². The van der Waals surface area contributed by atoms with E-state index in [-0.39, 0.29) is 5.75 Å². The van der Waals surface area contributed by atoms with Gasteiger partial charge in [-0.2, -0.15) is 0 Å². The summed E-state index contributed by atoms with van der Waals surface area (Å²) in [6.07, 6.45) is 1.97. The Balaban J connectivity index is 3.09. The van der Waals surface area contributed by atoms with Gasteiger partial charge in [-0.3, -0.25) is 10.1 Å². The number of carboxylic acid groups (broad SMARTS) is 1. The average Bonchev–Trinajstić information content (AvgIpc) is 2.35. The van der Waals surface area contributed by atoms with E-state index in [9.17, 15) is 14.9 Å². The highest BCUT2D eigenvalue weighted by atomic mass is 16.6. The van der Waals surface area contributed by atoms with Gasteiger partial charge in [0.25, 0.3) is 0 Å². The van der Waals surface area contributed by atoms with Crippen LogP contribution in [0.3, 0.4) is 0 Å². The fraction of sp³-hybridized carbons (Fsp3) is 0.250. The van der Waals surface area contributed by atoms with Crippen LogP contribution in [0.4, 0.5) is 0 Å². The number of benzene rings is 1. The van der Waals surface area contributed by atoms with Crippen molar-refractivity contribution in [2.45, 2.75) is 6.92 Å². The highest BCUT2D eigenvalue weighted by Crippen LogP contribution is 2.32. The van der Waals surface area contributed by atoms with Crippen molar-refractivity contribution in [3.63, 3.8) is 0 Å². The molecule has 19 heavy (non-hydrogen) atoms. The highest BCUT2D eigenvalue weighted by molar-refractivity contribution is 5.69. The van der Waals surface area contributed by atoms with Crippen LogP contribution in [0, 0.1) is 10.1 Å². The van der Waals surface area contributed by atoms with Crippen molar-refractivity contribution in [3.05, 3.63) is 40.1 Å². The number of nitro groups is 1. The molecule has 7 nitrogen and oxygen atoms in total. The fourth-order valence-corrected chi connectivity index (χ4v) is 1.36. The number of hydrogen-bond acceptors (Lipinski definition) is 5. The first-order valence-corrected chi connectivity index (χ1v) is 5.46. The van der Waals surface area contributed by atoms with E-state index in [0.29, 0.717) is 17.9 Å². The molecule has 0 saturated heterocycles. The molecule has 0 atom stereocenters. The highest BCUT2D eigenvalue weighted by Gasteiger charge is 2.11. The molecule has 0 radical (unpaired) electrons. The Bertz CT molecular complexity index is 497. The number of ether oxygens (including phenoxy) is 2. The standard InChI is InChI=1S/C12H13NO6/c1-2-18-10-5-3-4-9(6-7-13(16)17)12(10)19-8-11(14)15/h3-7H,2,8H2,1H3,(H,14,15). The number of para-hydroxylation sites is 1. The third-order valence-electron chi connectivity index (χ3n) is 2.02. The van der Waals surface area contributed by atoms with Crippen molar-refractivity contribution in [2.75, 3.05) is 13.2 Å². The lowest BCUT2D eigenvalue weighted by Gasteiger charge is -2.12. The smallest absolute Gasteiger partial charge is 0.341 e. The van der Waals surface area contributed by atoms with Crippen LogP contribution in [0.2, 0.25) is 0 Å². The van der Waals surface area contributed by atoms with Gasteiger partial charge >= 0.3 is 5.97 Å². The van der Waals surface area contributed by atoms with E-state index in [1.807, 2.05) is 0 Å². The Morgan fingerprint density at radius 1 is 1.47 bits per heavy atom. The molecule has 102 valence electrons. The number of hydrogen-bond donors (Lipinski definition) is 1. The molecule has 0 fully saturated rings. The zero-order chi connectivity index (χ0) is 14.3. The van der Waals surface area contributed by atoms with Crippen molar-refractivity contribution in [2.24, 2.45) is 0 Å². The molecular weight excluding hydrogens is 254 g/mol. The minimum Gasteiger partial charge on any atom is -0.490 e. The summed E-state index contributed by atoms with van der Waals surface area (Å²) in [5.41, 5.74) is 0.379. The zero-order valence-electron chi connectivity index (χ0n) is 10.2. The van der Waals surface area contributed by atoms with Crippen LogP contribution in [0.15, 0.2) is 24.4 Å². The van der Waals surface area contributed by atoms with Gasteiger partial charge in [0.15, 0.2) is 18.1 Å². The number of carboxylic acids is 1. The quantitative estimate of drug-likeness (QED) is 0.597. The maximum Gasteiger partial charge on any atom is 0.341 e. The largest absolute Gasteiger partial charge is 0.490 e. The van der Waals surface area contributed by atoms with Crippen LogP contribution >= 0.6 is 0 Å². The molecule has 0 aromatic heterocycles. The molecule has 7 heteroatoms. The van der Waals surface area contributed by atoms with Gasteiger partial charge in [0.1, 0.15) is 0 Å². The summed E-state index contributed by atoms with van der Waals surface area (Å²) in [6, 6.07) is 4.81. The molecule has 0 amide bonds. The number of rotatable bonds is 7. The summed E-state index contributed by atoms with van der Waals surface area (Å²) in [5, 5.41) is 18.9. The van der Waals surface area contributed by atoms with Gasteiger partial charge in [0.05, 0.1) is 11.5 Å². The second kappa shape index (κ2) is 7.00. The minimum absolute atomic E-state index is 0.171. The van der Waals surface area contributed by atoms with Gasteiger partial charge in [-0.05, 0) is 13.0 Å². The van der Waals surface area contributed by atoms with Gasteiger partial charge in [-0.1, -0.05) is 12.1 Å². The van der Waals surface area contributed by atoms with E-state index < -0.39 is 17.5 Å². The molecular formula is C12H13NO6. The first kappa shape index (κ1) is 14.5. The normalized spacial score (nSPS) is 10.4. The molecule has 0 aliphatic rings. The van der Waals surface area contributed by atoms with Crippen LogP contribution in [-0.4, -0.2) is 29.2 Å². The first-order valence-electron chi connectivity index (χ1n) is 5.46.